The van der Waals surface area contributed by atoms with Crippen LogP contribution in [-0.2, 0) is 7.05 Å². The second-order valence-electron chi connectivity index (χ2n) is 3.19. The fourth-order valence-corrected chi connectivity index (χ4v) is 1.86. The maximum Gasteiger partial charge on any atom is 0.154 e. The zero-order chi connectivity index (χ0) is 11.7. The first-order valence-corrected chi connectivity index (χ1v) is 5.23. The maximum absolute atomic E-state index is 12.7. The van der Waals surface area contributed by atoms with E-state index in [2.05, 4.69) is 31.2 Å². The summed E-state index contributed by atoms with van der Waals surface area (Å²) in [5, 5.41) is 17.5. The van der Waals surface area contributed by atoms with Gasteiger partial charge in [-0.05, 0) is 28.1 Å². The van der Waals surface area contributed by atoms with E-state index in [1.807, 2.05) is 0 Å². The van der Waals surface area contributed by atoms with Crippen molar-refractivity contribution in [2.24, 2.45) is 7.05 Å². The van der Waals surface area contributed by atoms with Crippen molar-refractivity contribution in [3.05, 3.63) is 40.1 Å². The van der Waals surface area contributed by atoms with Gasteiger partial charge >= 0.3 is 0 Å². The van der Waals surface area contributed by atoms with Crippen molar-refractivity contribution < 1.29 is 9.50 Å². The summed E-state index contributed by atoms with van der Waals surface area (Å²) in [4.78, 5) is 3.80. The average molecular weight is 287 g/mol. The number of pyridine rings is 1. The molecule has 0 aromatic carbocycles. The van der Waals surface area contributed by atoms with Gasteiger partial charge in [0, 0.05) is 7.05 Å². The minimum atomic E-state index is -0.991. The van der Waals surface area contributed by atoms with Crippen LogP contribution in [0, 0.1) is 5.82 Å². The van der Waals surface area contributed by atoms with Gasteiger partial charge in [0.15, 0.2) is 4.60 Å². The Kier molecular flexibility index (Phi) is 2.97. The third kappa shape index (κ3) is 1.96. The molecule has 0 radical (unpaired) electrons. The predicted octanol–water partition coefficient (Wildman–Crippen LogP) is 1.19. The lowest BCUT2D eigenvalue weighted by molar-refractivity contribution is 0.204. The number of aromatic nitrogens is 4. The molecule has 2 aromatic rings. The molecule has 1 N–H and O–H groups in total. The predicted molar refractivity (Wildman–Crippen MR) is 57.0 cm³/mol. The van der Waals surface area contributed by atoms with Gasteiger partial charge in [-0.15, -0.1) is 5.10 Å². The van der Waals surface area contributed by atoms with Crippen LogP contribution in [0.4, 0.5) is 4.39 Å². The SMILES string of the molecule is Cn1nnc(Br)c1C(O)c1ccc(F)cn1. The molecule has 0 saturated heterocycles. The van der Waals surface area contributed by atoms with Crippen LogP contribution in [-0.4, -0.2) is 25.1 Å². The molecule has 2 heterocycles. The Morgan fingerprint density at radius 2 is 2.25 bits per heavy atom. The van der Waals surface area contributed by atoms with E-state index >= 15 is 0 Å². The van der Waals surface area contributed by atoms with Gasteiger partial charge in [-0.2, -0.15) is 0 Å². The third-order valence-electron chi connectivity index (χ3n) is 2.12. The first kappa shape index (κ1) is 11.2. The van der Waals surface area contributed by atoms with Gasteiger partial charge in [-0.3, -0.25) is 4.98 Å². The number of aliphatic hydroxyl groups excluding tert-OH is 1. The summed E-state index contributed by atoms with van der Waals surface area (Å²) < 4.78 is 14.5. The second-order valence-corrected chi connectivity index (χ2v) is 3.94. The van der Waals surface area contributed by atoms with Crippen LogP contribution in [0.25, 0.3) is 0 Å². The van der Waals surface area contributed by atoms with Gasteiger partial charge in [0.25, 0.3) is 0 Å². The second kappa shape index (κ2) is 4.26. The number of aryl methyl sites for hydroxylation is 1. The quantitative estimate of drug-likeness (QED) is 0.901. The molecule has 0 aliphatic carbocycles. The van der Waals surface area contributed by atoms with Crippen molar-refractivity contribution in [3.63, 3.8) is 0 Å². The number of hydrogen-bond acceptors (Lipinski definition) is 4. The molecule has 0 spiro atoms. The number of nitrogens with zero attached hydrogens (tertiary/aromatic N) is 4. The van der Waals surface area contributed by atoms with Crippen molar-refractivity contribution in [3.8, 4) is 0 Å². The molecule has 2 rings (SSSR count). The molecular formula is C9H8BrFN4O. The van der Waals surface area contributed by atoms with Crippen LogP contribution < -0.4 is 0 Å². The Bertz CT molecular complexity index is 479. The van der Waals surface area contributed by atoms with Crippen LogP contribution in [0.5, 0.6) is 0 Å². The fourth-order valence-electron chi connectivity index (χ4n) is 1.32. The first-order chi connectivity index (χ1) is 7.59. The minimum Gasteiger partial charge on any atom is -0.380 e. The maximum atomic E-state index is 12.7. The summed E-state index contributed by atoms with van der Waals surface area (Å²) in [6.07, 6.45) is 0.0611. The van der Waals surface area contributed by atoms with E-state index in [1.54, 1.807) is 7.05 Å². The highest BCUT2D eigenvalue weighted by molar-refractivity contribution is 9.10. The van der Waals surface area contributed by atoms with E-state index in [4.69, 9.17) is 0 Å². The molecule has 1 atom stereocenters. The van der Waals surface area contributed by atoms with Crippen molar-refractivity contribution in [1.82, 2.24) is 20.0 Å². The molecule has 16 heavy (non-hydrogen) atoms. The van der Waals surface area contributed by atoms with E-state index in [-0.39, 0.29) is 0 Å². The molecule has 0 saturated carbocycles. The van der Waals surface area contributed by atoms with Crippen LogP contribution in [0.15, 0.2) is 22.9 Å². The highest BCUT2D eigenvalue weighted by Gasteiger charge is 2.20. The van der Waals surface area contributed by atoms with Crippen LogP contribution in [0.2, 0.25) is 0 Å². The van der Waals surface area contributed by atoms with Crippen LogP contribution in [0.1, 0.15) is 17.5 Å². The average Bonchev–Trinajstić information content (AvgIpc) is 2.59. The lowest BCUT2D eigenvalue weighted by Gasteiger charge is -2.09. The highest BCUT2D eigenvalue weighted by Crippen LogP contribution is 2.24. The Labute approximate surface area is 99.1 Å². The van der Waals surface area contributed by atoms with Crippen molar-refractivity contribution in [2.75, 3.05) is 0 Å². The summed E-state index contributed by atoms with van der Waals surface area (Å²) in [5.74, 6) is -0.446. The highest BCUT2D eigenvalue weighted by atomic mass is 79.9. The largest absolute Gasteiger partial charge is 0.380 e. The summed E-state index contributed by atoms with van der Waals surface area (Å²) in [5.41, 5.74) is 0.812. The summed E-state index contributed by atoms with van der Waals surface area (Å²) in [6, 6.07) is 2.66. The third-order valence-corrected chi connectivity index (χ3v) is 2.68. The normalized spacial score (nSPS) is 12.8. The minimum absolute atomic E-state index is 0.340. The van der Waals surface area contributed by atoms with Gasteiger partial charge in [0.2, 0.25) is 0 Å². The number of hydrogen-bond donors (Lipinski definition) is 1. The zero-order valence-corrected chi connectivity index (χ0v) is 9.89. The summed E-state index contributed by atoms with van der Waals surface area (Å²) >= 11 is 3.17. The molecule has 2 aromatic heterocycles. The molecule has 1 unspecified atom stereocenters. The van der Waals surface area contributed by atoms with Gasteiger partial charge in [0.1, 0.15) is 17.6 Å². The first-order valence-electron chi connectivity index (χ1n) is 4.44. The molecule has 0 aliphatic rings. The van der Waals surface area contributed by atoms with E-state index in [0.717, 1.165) is 6.20 Å². The monoisotopic (exact) mass is 286 g/mol. The summed E-state index contributed by atoms with van der Waals surface area (Å²) in [7, 11) is 1.65. The topological polar surface area (TPSA) is 63.8 Å². The zero-order valence-electron chi connectivity index (χ0n) is 8.30. The van der Waals surface area contributed by atoms with Gasteiger partial charge in [-0.1, -0.05) is 5.21 Å². The molecule has 0 amide bonds. The Morgan fingerprint density at radius 3 is 2.75 bits per heavy atom. The standard InChI is InChI=1S/C9H8BrFN4O/c1-15-7(9(10)13-14-15)8(16)6-3-2-5(11)4-12-6/h2-4,8,16H,1H3. The molecular weight excluding hydrogens is 279 g/mol. The van der Waals surface area contributed by atoms with E-state index in [1.165, 1.54) is 16.8 Å². The smallest absolute Gasteiger partial charge is 0.154 e. The van der Waals surface area contributed by atoms with Crippen molar-refractivity contribution >= 4 is 15.9 Å². The number of aliphatic hydroxyl groups is 1. The molecule has 0 fully saturated rings. The summed E-state index contributed by atoms with van der Waals surface area (Å²) in [6.45, 7) is 0. The Balaban J connectivity index is 2.39. The van der Waals surface area contributed by atoms with E-state index < -0.39 is 11.9 Å². The molecule has 5 nitrogen and oxygen atoms in total. The van der Waals surface area contributed by atoms with Crippen LogP contribution in [0.3, 0.4) is 0 Å². The van der Waals surface area contributed by atoms with Crippen molar-refractivity contribution in [1.29, 1.82) is 0 Å². The van der Waals surface area contributed by atoms with Gasteiger partial charge in [0.05, 0.1) is 11.9 Å². The van der Waals surface area contributed by atoms with E-state index in [0.29, 0.717) is 16.0 Å². The number of halogens is 2. The molecule has 0 aliphatic heterocycles. The van der Waals surface area contributed by atoms with Crippen LogP contribution >= 0.6 is 15.9 Å². The fraction of sp³-hybridized carbons (Fsp3) is 0.222. The number of rotatable bonds is 2. The van der Waals surface area contributed by atoms with E-state index in [9.17, 15) is 9.50 Å². The van der Waals surface area contributed by atoms with Gasteiger partial charge < -0.3 is 5.11 Å². The lowest BCUT2D eigenvalue weighted by atomic mass is 10.2. The van der Waals surface area contributed by atoms with Gasteiger partial charge in [-0.25, -0.2) is 9.07 Å². The molecule has 0 bridgehead atoms. The molecule has 84 valence electrons. The Morgan fingerprint density at radius 1 is 1.50 bits per heavy atom. The van der Waals surface area contributed by atoms with Crippen molar-refractivity contribution in [2.45, 2.75) is 6.10 Å². The molecule has 7 heteroatoms. The lowest BCUT2D eigenvalue weighted by Crippen LogP contribution is -2.08. The Hall–Kier alpha value is -1.34.